The molecular weight excluding hydrogens is 228 g/mol. The second kappa shape index (κ2) is 3.20. The zero-order valence-corrected chi connectivity index (χ0v) is 9.47. The van der Waals surface area contributed by atoms with Crippen molar-refractivity contribution in [1.82, 2.24) is 0 Å². The summed E-state index contributed by atoms with van der Waals surface area (Å²) in [7, 11) is 0. The van der Waals surface area contributed by atoms with E-state index < -0.39 is 35.5 Å². The minimum absolute atomic E-state index is 0.515. The highest BCUT2D eigenvalue weighted by molar-refractivity contribution is 5.81. The van der Waals surface area contributed by atoms with E-state index in [1.165, 1.54) is 0 Å². The molecule has 2 unspecified atom stereocenters. The molecule has 0 aromatic rings. The normalized spacial score (nSPS) is 46.9. The van der Waals surface area contributed by atoms with Crippen LogP contribution in [0.25, 0.3) is 0 Å². The van der Waals surface area contributed by atoms with Crippen molar-refractivity contribution in [1.29, 1.82) is 0 Å². The molecule has 1 saturated carbocycles. The molecule has 0 bridgehead atoms. The van der Waals surface area contributed by atoms with Gasteiger partial charge in [0.2, 0.25) is 0 Å². The SMILES string of the molecule is CC12OC1(OC(=O)C1CCCCC1C(=O)O)O2. The average molecular weight is 242 g/mol. The molecule has 0 radical (unpaired) electrons. The quantitative estimate of drug-likeness (QED) is 0.583. The van der Waals surface area contributed by atoms with Gasteiger partial charge in [-0.25, -0.2) is 0 Å². The van der Waals surface area contributed by atoms with Crippen LogP contribution < -0.4 is 0 Å². The van der Waals surface area contributed by atoms with Crippen LogP contribution in [0.15, 0.2) is 0 Å². The number of carbonyl (C=O) groups excluding carboxylic acids is 1. The first-order valence-corrected chi connectivity index (χ1v) is 5.83. The summed E-state index contributed by atoms with van der Waals surface area (Å²) in [6, 6.07) is 0. The highest BCUT2D eigenvalue weighted by Crippen LogP contribution is 2.68. The van der Waals surface area contributed by atoms with Gasteiger partial charge in [0, 0.05) is 0 Å². The van der Waals surface area contributed by atoms with Gasteiger partial charge < -0.3 is 9.84 Å². The van der Waals surface area contributed by atoms with Gasteiger partial charge in [0.05, 0.1) is 11.8 Å². The largest absolute Gasteiger partial charge is 0.481 e. The van der Waals surface area contributed by atoms with Crippen LogP contribution in [0.3, 0.4) is 0 Å². The smallest absolute Gasteiger partial charge is 0.392 e. The lowest BCUT2D eigenvalue weighted by Gasteiger charge is -2.26. The molecule has 2 aliphatic heterocycles. The molecule has 6 nitrogen and oxygen atoms in total. The Bertz CT molecular complexity index is 383. The van der Waals surface area contributed by atoms with Crippen LogP contribution in [-0.4, -0.2) is 28.8 Å². The molecule has 2 saturated heterocycles. The summed E-state index contributed by atoms with van der Waals surface area (Å²) in [5.41, 5.74) is 0. The van der Waals surface area contributed by atoms with Crippen molar-refractivity contribution < 1.29 is 28.9 Å². The fourth-order valence-electron chi connectivity index (χ4n) is 2.52. The van der Waals surface area contributed by atoms with Gasteiger partial charge in [0.15, 0.2) is 0 Å². The van der Waals surface area contributed by atoms with Gasteiger partial charge >= 0.3 is 17.9 Å². The van der Waals surface area contributed by atoms with Crippen molar-refractivity contribution in [3.8, 4) is 0 Å². The topological polar surface area (TPSA) is 88.7 Å². The molecule has 3 fully saturated rings. The minimum atomic E-state index is -1.19. The monoisotopic (exact) mass is 242 g/mol. The van der Waals surface area contributed by atoms with Crippen molar-refractivity contribution in [3.05, 3.63) is 0 Å². The molecule has 0 spiro atoms. The standard InChI is InChI=1S/C11H14O6/c1-10-11(16-10,17-10)15-9(14)7-5-3-2-4-6(7)8(12)13/h6-7H,2-5H2,1H3,(H,12,13). The summed E-state index contributed by atoms with van der Waals surface area (Å²) in [6.07, 6.45) is 2.79. The number of carboxylic acids is 1. The molecule has 2 heterocycles. The van der Waals surface area contributed by atoms with Crippen LogP contribution in [0.2, 0.25) is 0 Å². The van der Waals surface area contributed by atoms with E-state index in [2.05, 4.69) is 0 Å². The number of fused-ring (bicyclic) bond motifs is 1. The van der Waals surface area contributed by atoms with Gasteiger partial charge in [-0.1, -0.05) is 12.8 Å². The minimum Gasteiger partial charge on any atom is -0.481 e. The molecule has 2 atom stereocenters. The van der Waals surface area contributed by atoms with E-state index in [4.69, 9.17) is 19.3 Å². The molecule has 94 valence electrons. The first-order valence-electron chi connectivity index (χ1n) is 5.83. The zero-order chi connectivity index (χ0) is 12.3. The number of rotatable bonds is 3. The summed E-state index contributed by atoms with van der Waals surface area (Å²) < 4.78 is 15.1. The zero-order valence-electron chi connectivity index (χ0n) is 9.47. The van der Waals surface area contributed by atoms with Crippen LogP contribution in [0.5, 0.6) is 0 Å². The third-order valence-electron chi connectivity index (χ3n) is 3.75. The first kappa shape index (κ1) is 11.0. The molecule has 0 aromatic heterocycles. The highest BCUT2D eigenvalue weighted by atomic mass is 17.2. The van der Waals surface area contributed by atoms with E-state index in [0.717, 1.165) is 12.8 Å². The van der Waals surface area contributed by atoms with E-state index in [-0.39, 0.29) is 0 Å². The maximum absolute atomic E-state index is 11.9. The third-order valence-corrected chi connectivity index (χ3v) is 3.75. The van der Waals surface area contributed by atoms with Crippen LogP contribution in [0, 0.1) is 11.8 Å². The average Bonchev–Trinajstić information content (AvgIpc) is 3.01. The number of hydrogen-bond donors (Lipinski definition) is 1. The maximum atomic E-state index is 11.9. The summed E-state index contributed by atoms with van der Waals surface area (Å²) in [6.45, 7) is 1.68. The Hall–Kier alpha value is -1.14. The van der Waals surface area contributed by atoms with Crippen LogP contribution in [0.4, 0.5) is 0 Å². The number of aliphatic carboxylic acids is 1. The van der Waals surface area contributed by atoms with E-state index in [1.54, 1.807) is 6.92 Å². The second-order valence-electron chi connectivity index (χ2n) is 4.96. The molecule has 0 aromatic carbocycles. The van der Waals surface area contributed by atoms with Crippen molar-refractivity contribution in [3.63, 3.8) is 0 Å². The Morgan fingerprint density at radius 1 is 1.24 bits per heavy atom. The number of epoxide rings is 2. The summed E-state index contributed by atoms with van der Waals surface area (Å²) >= 11 is 0. The van der Waals surface area contributed by atoms with Crippen molar-refractivity contribution in [2.45, 2.75) is 44.4 Å². The lowest BCUT2D eigenvalue weighted by Crippen LogP contribution is -2.35. The summed E-state index contributed by atoms with van der Waals surface area (Å²) in [4.78, 5) is 22.9. The molecule has 17 heavy (non-hydrogen) atoms. The highest BCUT2D eigenvalue weighted by Gasteiger charge is 2.93. The first-order chi connectivity index (χ1) is 7.97. The van der Waals surface area contributed by atoms with E-state index >= 15 is 0 Å². The number of carbonyl (C=O) groups is 2. The molecule has 0 amide bonds. The molecular formula is C11H14O6. The Morgan fingerprint density at radius 2 is 1.76 bits per heavy atom. The summed E-state index contributed by atoms with van der Waals surface area (Å²) in [5.74, 6) is -4.62. The van der Waals surface area contributed by atoms with E-state index in [1.807, 2.05) is 0 Å². The van der Waals surface area contributed by atoms with E-state index in [0.29, 0.717) is 12.8 Å². The van der Waals surface area contributed by atoms with Crippen LogP contribution in [-0.2, 0) is 23.8 Å². The maximum Gasteiger partial charge on any atom is 0.392 e. The van der Waals surface area contributed by atoms with Gasteiger partial charge in [-0.2, -0.15) is 0 Å². The second-order valence-corrected chi connectivity index (χ2v) is 4.96. The Kier molecular flexibility index (Phi) is 2.07. The van der Waals surface area contributed by atoms with Gasteiger partial charge in [0.25, 0.3) is 5.79 Å². The predicted octanol–water partition coefficient (Wildman–Crippen LogP) is 0.851. The molecule has 6 heteroatoms. The van der Waals surface area contributed by atoms with Gasteiger partial charge in [0.1, 0.15) is 0 Å². The third kappa shape index (κ3) is 1.55. The lowest BCUT2D eigenvalue weighted by atomic mass is 9.79. The Morgan fingerprint density at radius 3 is 2.24 bits per heavy atom. The van der Waals surface area contributed by atoms with Crippen molar-refractivity contribution >= 4 is 11.9 Å². The summed E-state index contributed by atoms with van der Waals surface area (Å²) in [5, 5.41) is 9.06. The lowest BCUT2D eigenvalue weighted by molar-refractivity contribution is -0.218. The molecule has 3 aliphatic rings. The van der Waals surface area contributed by atoms with E-state index in [9.17, 15) is 9.59 Å². The Balaban J connectivity index is 1.65. The van der Waals surface area contributed by atoms with Crippen molar-refractivity contribution in [2.24, 2.45) is 11.8 Å². The van der Waals surface area contributed by atoms with Crippen LogP contribution in [0.1, 0.15) is 32.6 Å². The van der Waals surface area contributed by atoms with Gasteiger partial charge in [-0.15, -0.1) is 0 Å². The molecule has 3 rings (SSSR count). The van der Waals surface area contributed by atoms with Crippen molar-refractivity contribution in [2.75, 3.05) is 0 Å². The number of carboxylic acid groups (broad SMARTS) is 1. The van der Waals surface area contributed by atoms with Crippen LogP contribution >= 0.6 is 0 Å². The van der Waals surface area contributed by atoms with Gasteiger partial charge in [-0.05, 0) is 19.8 Å². The number of hydrogen-bond acceptors (Lipinski definition) is 5. The predicted molar refractivity (Wildman–Crippen MR) is 52.5 cm³/mol. The Labute approximate surface area is 97.8 Å². The fraction of sp³-hybridized carbons (Fsp3) is 0.818. The number of esters is 1. The fourth-order valence-corrected chi connectivity index (χ4v) is 2.52. The molecule has 1 N–H and O–H groups in total. The molecule has 1 aliphatic carbocycles. The van der Waals surface area contributed by atoms with Gasteiger partial charge in [-0.3, -0.25) is 19.1 Å². The number of ether oxygens (including phenoxy) is 3.